The first-order chi connectivity index (χ1) is 29.9. The Kier molecular flexibility index (Phi) is 14.0. The van der Waals surface area contributed by atoms with Gasteiger partial charge in [-0.05, 0) is 92.2 Å². The van der Waals surface area contributed by atoms with Gasteiger partial charge in [-0.15, -0.1) is 0 Å². The molecule has 15 heteroatoms. The molecule has 4 aliphatic carbocycles. The molecule has 340 valence electrons. The van der Waals surface area contributed by atoms with Crippen LogP contribution in [0.5, 0.6) is 0 Å². The van der Waals surface area contributed by atoms with Gasteiger partial charge in [0, 0.05) is 46.8 Å². The molecule has 2 aromatic carbocycles. The molecule has 1 heterocycles. The number of carbonyl (C=O) groups excluding carboxylic acids is 4. The number of unbranched alkanes of at least 4 members (excludes halogenated alkanes) is 1. The summed E-state index contributed by atoms with van der Waals surface area (Å²) in [4.78, 5) is 71.4. The van der Waals surface area contributed by atoms with Crippen molar-refractivity contribution in [1.29, 1.82) is 0 Å². The van der Waals surface area contributed by atoms with Crippen LogP contribution in [-0.4, -0.2) is 75.8 Å². The Morgan fingerprint density at radius 1 is 1.08 bits per heavy atom. The number of carbonyl (C=O) groups is 4. The number of phosphoric acid groups is 1. The van der Waals surface area contributed by atoms with Crippen LogP contribution in [0.15, 0.2) is 84.5 Å². The average molecular weight is 888 g/mol. The van der Waals surface area contributed by atoms with E-state index in [0.29, 0.717) is 43.5 Å². The third kappa shape index (κ3) is 9.51. The molecule has 2 amide bonds. The minimum Gasteiger partial charge on any atom is -0.393 e. The lowest BCUT2D eigenvalue weighted by atomic mass is 9.46. The molecular formula is C48H62N3O11P. The summed E-state index contributed by atoms with van der Waals surface area (Å²) in [6.07, 6.45) is 8.82. The van der Waals surface area contributed by atoms with Crippen LogP contribution in [0.3, 0.4) is 0 Å². The summed E-state index contributed by atoms with van der Waals surface area (Å²) in [5, 5.41) is 17.7. The van der Waals surface area contributed by atoms with E-state index in [1.165, 1.54) is 5.57 Å². The molecule has 5 aliphatic rings. The van der Waals surface area contributed by atoms with Crippen molar-refractivity contribution in [2.24, 2.45) is 40.2 Å². The van der Waals surface area contributed by atoms with E-state index in [-0.39, 0.29) is 66.6 Å². The number of hydrogen-bond acceptors (Lipinski definition) is 10. The number of benzene rings is 2. The summed E-state index contributed by atoms with van der Waals surface area (Å²) in [6.45, 7) is 9.46. The van der Waals surface area contributed by atoms with Gasteiger partial charge in [0.1, 0.15) is 6.61 Å². The molecular weight excluding hydrogens is 826 g/mol. The van der Waals surface area contributed by atoms with Gasteiger partial charge in [0.25, 0.3) is 0 Å². The van der Waals surface area contributed by atoms with Crippen LogP contribution in [0.25, 0.3) is 0 Å². The number of ether oxygens (including phenoxy) is 2. The molecule has 7 N–H and O–H groups in total. The number of ketones is 2. The van der Waals surface area contributed by atoms with Crippen molar-refractivity contribution in [1.82, 2.24) is 5.32 Å². The molecule has 10 atom stereocenters. The number of rotatable bonds is 18. The Bertz CT molecular complexity index is 2200. The van der Waals surface area contributed by atoms with E-state index in [1.807, 2.05) is 55.5 Å². The van der Waals surface area contributed by atoms with Crippen LogP contribution in [0, 0.1) is 34.5 Å². The van der Waals surface area contributed by atoms with Gasteiger partial charge >= 0.3 is 7.82 Å². The first-order valence-corrected chi connectivity index (χ1v) is 23.7. The monoisotopic (exact) mass is 887 g/mol. The number of aliphatic hydroxyl groups excluding tert-OH is 1. The molecule has 14 nitrogen and oxygen atoms in total. The predicted octanol–water partition coefficient (Wildman–Crippen LogP) is 6.15. The third-order valence-corrected chi connectivity index (χ3v) is 15.1. The fourth-order valence-electron chi connectivity index (χ4n) is 11.6. The SMILES string of the molecule is C=C1C=C[C@@]2(C)C(=C1)CC[C@@H]1[C@@H]2[C@@H](O)C[C@@]2(C)[C@H]1C[C@H]1O[C@@H](c3ccc(Cc4cccc(NC(=O)[C@H](CCCCN)CC(=O)CNC(=O)CC)c4)cc3)O[C@]12C(=O)COP(=O)(O)O. The lowest BCUT2D eigenvalue weighted by molar-refractivity contribution is -0.200. The molecule has 0 unspecified atom stereocenters. The second kappa shape index (κ2) is 18.8. The van der Waals surface area contributed by atoms with E-state index in [9.17, 15) is 38.6 Å². The second-order valence-electron chi connectivity index (χ2n) is 18.6. The second-order valence-corrected chi connectivity index (χ2v) is 19.8. The first kappa shape index (κ1) is 46.9. The van der Waals surface area contributed by atoms with Crippen LogP contribution < -0.4 is 16.4 Å². The fraction of sp³-hybridized carbons (Fsp3) is 0.542. The van der Waals surface area contributed by atoms with E-state index < -0.39 is 55.6 Å². The highest BCUT2D eigenvalue weighted by Crippen LogP contribution is 2.70. The molecule has 7 rings (SSSR count). The van der Waals surface area contributed by atoms with Gasteiger partial charge in [0.2, 0.25) is 11.8 Å². The van der Waals surface area contributed by atoms with E-state index in [0.717, 1.165) is 36.0 Å². The molecule has 63 heavy (non-hydrogen) atoms. The quantitative estimate of drug-likeness (QED) is 0.0733. The normalized spacial score (nSPS) is 31.2. The van der Waals surface area contributed by atoms with Gasteiger partial charge in [-0.25, -0.2) is 4.57 Å². The number of phosphoric ester groups is 1. The lowest BCUT2D eigenvalue weighted by Crippen LogP contribution is -2.63. The summed E-state index contributed by atoms with van der Waals surface area (Å²) >= 11 is 0. The zero-order chi connectivity index (χ0) is 45.3. The van der Waals surface area contributed by atoms with E-state index in [2.05, 4.69) is 36.3 Å². The van der Waals surface area contributed by atoms with Gasteiger partial charge < -0.3 is 40.7 Å². The zero-order valence-electron chi connectivity index (χ0n) is 36.4. The van der Waals surface area contributed by atoms with E-state index in [4.69, 9.17) is 19.7 Å². The number of amides is 2. The minimum absolute atomic E-state index is 0.00770. The van der Waals surface area contributed by atoms with Gasteiger partial charge in [-0.1, -0.05) is 94.0 Å². The van der Waals surface area contributed by atoms with Gasteiger partial charge in [0.15, 0.2) is 23.5 Å². The fourth-order valence-corrected chi connectivity index (χ4v) is 11.9. The van der Waals surface area contributed by atoms with Crippen LogP contribution in [0.2, 0.25) is 0 Å². The Labute approximate surface area is 369 Å². The van der Waals surface area contributed by atoms with Gasteiger partial charge in [-0.2, -0.15) is 0 Å². The number of nitrogens with two attached hydrogens (primary N) is 1. The Balaban J connectivity index is 1.06. The number of anilines is 1. The van der Waals surface area contributed by atoms with Crippen molar-refractivity contribution in [3.63, 3.8) is 0 Å². The Hall–Kier alpha value is -4.11. The number of fused-ring (bicyclic) bond motifs is 7. The van der Waals surface area contributed by atoms with Crippen LogP contribution in [0.1, 0.15) is 102 Å². The molecule has 0 bridgehead atoms. The summed E-state index contributed by atoms with van der Waals surface area (Å²) in [5.74, 6) is -2.07. The van der Waals surface area contributed by atoms with Crippen molar-refractivity contribution >= 4 is 36.9 Å². The molecule has 4 fully saturated rings. The predicted molar refractivity (Wildman–Crippen MR) is 236 cm³/mol. The van der Waals surface area contributed by atoms with E-state index in [1.54, 1.807) is 13.0 Å². The van der Waals surface area contributed by atoms with Crippen molar-refractivity contribution < 1.29 is 52.6 Å². The standard InChI is InChI=1S/C48H62N3O11P/c1-5-42(55)50-27-36(52)24-33(10-6-7-20-49)44(56)51-35-11-8-9-31(23-35)22-30-12-14-32(15-13-30)45-61-41-25-38-37-17-16-34-21-29(2)18-19-46(34,3)43(37)39(53)26-47(38,4)48(41,62-45)40(54)28-60-63(57,58)59/h8-9,11-15,18-19,21,23,33,37-39,41,43,45,53H,2,5-7,10,16-17,20,22,24-28,49H2,1,3-4H3,(H,50,55)(H,51,56)(H2,57,58,59)/t33-,37+,38+,39+,41-,43-,45-,46+,47+,48-/m1/s1. The number of allylic oxidation sites excluding steroid dienone is 5. The number of hydrogen-bond donors (Lipinski definition) is 6. The maximum absolute atomic E-state index is 14.4. The summed E-state index contributed by atoms with van der Waals surface area (Å²) < 4.78 is 30.1. The highest BCUT2D eigenvalue weighted by molar-refractivity contribution is 7.46. The smallest absolute Gasteiger partial charge is 0.393 e. The first-order valence-electron chi connectivity index (χ1n) is 22.2. The molecule has 0 spiro atoms. The van der Waals surface area contributed by atoms with Crippen LogP contribution in [-0.2, 0) is 44.2 Å². The highest BCUT2D eigenvalue weighted by atomic mass is 31.2. The molecule has 0 aromatic heterocycles. The zero-order valence-corrected chi connectivity index (χ0v) is 37.3. The highest BCUT2D eigenvalue weighted by Gasteiger charge is 2.76. The molecule has 1 aliphatic heterocycles. The summed E-state index contributed by atoms with van der Waals surface area (Å²) in [7, 11) is -5.00. The van der Waals surface area contributed by atoms with Crippen molar-refractivity contribution in [2.45, 2.75) is 109 Å². The molecule has 3 saturated carbocycles. The maximum atomic E-state index is 14.4. The Morgan fingerprint density at radius 2 is 1.84 bits per heavy atom. The van der Waals surface area contributed by atoms with Crippen LogP contribution in [0.4, 0.5) is 5.69 Å². The summed E-state index contributed by atoms with van der Waals surface area (Å²) in [6, 6.07) is 15.1. The average Bonchev–Trinajstić information content (AvgIpc) is 3.74. The Morgan fingerprint density at radius 3 is 2.56 bits per heavy atom. The molecule has 2 aromatic rings. The van der Waals surface area contributed by atoms with Gasteiger partial charge in [-0.3, -0.25) is 23.7 Å². The largest absolute Gasteiger partial charge is 0.470 e. The third-order valence-electron chi connectivity index (χ3n) is 14.6. The molecule has 1 saturated heterocycles. The minimum atomic E-state index is -5.00. The number of aliphatic hydroxyl groups is 1. The van der Waals surface area contributed by atoms with Gasteiger partial charge in [0.05, 0.1) is 18.8 Å². The van der Waals surface area contributed by atoms with Crippen molar-refractivity contribution in [2.75, 3.05) is 25.0 Å². The number of nitrogens with one attached hydrogen (secondary N) is 2. The van der Waals surface area contributed by atoms with Crippen molar-refractivity contribution in [3.8, 4) is 0 Å². The lowest BCUT2D eigenvalue weighted by Gasteiger charge is -2.59. The maximum Gasteiger partial charge on any atom is 0.470 e. The topological polar surface area (TPSA) is 224 Å². The van der Waals surface area contributed by atoms with E-state index >= 15 is 0 Å². The molecule has 0 radical (unpaired) electrons. The number of Topliss-reactive ketones (excluding diaryl/α,β-unsaturated/α-hetero) is 2. The van der Waals surface area contributed by atoms with Crippen molar-refractivity contribution in [3.05, 3.63) is 101 Å². The van der Waals surface area contributed by atoms with Crippen LogP contribution >= 0.6 is 7.82 Å². The summed E-state index contributed by atoms with van der Waals surface area (Å²) in [5.41, 5.74) is 8.03.